The first-order valence-electron chi connectivity index (χ1n) is 4.88. The van der Waals surface area contributed by atoms with Crippen LogP contribution in [-0.4, -0.2) is 61.1 Å². The predicted octanol–water partition coefficient (Wildman–Crippen LogP) is -0.285. The number of rotatable bonds is 1. The molecule has 0 N–H and O–H groups in total. The Kier molecular flexibility index (Phi) is 2.33. The molecule has 0 atom stereocenters. The Morgan fingerprint density at radius 3 is 2.71 bits per heavy atom. The molecule has 0 aliphatic carbocycles. The molecule has 0 bridgehead atoms. The average Bonchev–Trinajstić information content (AvgIpc) is 2.15. The molecule has 0 saturated carbocycles. The van der Waals surface area contributed by atoms with Gasteiger partial charge in [-0.25, -0.2) is 0 Å². The first-order chi connectivity index (χ1) is 6.68. The Bertz CT molecular complexity index is 261. The molecular weight excluding hydrogens is 180 g/mol. The number of carbonyl (C=O) groups is 1. The lowest BCUT2D eigenvalue weighted by atomic mass is 9.92. The molecule has 78 valence electrons. The van der Waals surface area contributed by atoms with Crippen LogP contribution in [-0.2, 0) is 9.53 Å². The SMILES string of the molecule is C=CC(=O)N1CCN(C)C2(COC2)C1. The lowest BCUT2D eigenvalue weighted by Crippen LogP contribution is -2.70. The summed E-state index contributed by atoms with van der Waals surface area (Å²) >= 11 is 0. The van der Waals surface area contributed by atoms with Crippen molar-refractivity contribution in [2.45, 2.75) is 5.54 Å². The Hall–Kier alpha value is -0.870. The average molecular weight is 196 g/mol. The van der Waals surface area contributed by atoms with Crippen LogP contribution in [0, 0.1) is 0 Å². The lowest BCUT2D eigenvalue weighted by Gasteiger charge is -2.53. The Balaban J connectivity index is 2.05. The van der Waals surface area contributed by atoms with Gasteiger partial charge >= 0.3 is 0 Å². The van der Waals surface area contributed by atoms with E-state index in [0.29, 0.717) is 0 Å². The first kappa shape index (κ1) is 9.68. The summed E-state index contributed by atoms with van der Waals surface area (Å²) in [6.45, 7) is 7.48. The van der Waals surface area contributed by atoms with E-state index >= 15 is 0 Å². The molecule has 2 heterocycles. The second kappa shape index (κ2) is 3.37. The molecule has 0 unspecified atom stereocenters. The molecule has 4 nitrogen and oxygen atoms in total. The highest BCUT2D eigenvalue weighted by Crippen LogP contribution is 2.27. The van der Waals surface area contributed by atoms with Crippen LogP contribution in [0.2, 0.25) is 0 Å². The van der Waals surface area contributed by atoms with Gasteiger partial charge in [0.2, 0.25) is 5.91 Å². The van der Waals surface area contributed by atoms with Crippen LogP contribution in [0.25, 0.3) is 0 Å². The van der Waals surface area contributed by atoms with Gasteiger partial charge in [-0.3, -0.25) is 9.69 Å². The minimum Gasteiger partial charge on any atom is -0.377 e. The lowest BCUT2D eigenvalue weighted by molar-refractivity contribution is -0.168. The molecular formula is C10H16N2O2. The minimum atomic E-state index is 0.0318. The first-order valence-corrected chi connectivity index (χ1v) is 4.88. The second-order valence-electron chi connectivity index (χ2n) is 4.10. The van der Waals surface area contributed by atoms with Gasteiger partial charge in [0.05, 0.1) is 18.8 Å². The molecule has 1 amide bonds. The normalized spacial score (nSPS) is 25.9. The van der Waals surface area contributed by atoms with Gasteiger partial charge < -0.3 is 9.64 Å². The van der Waals surface area contributed by atoms with Crippen molar-refractivity contribution in [3.05, 3.63) is 12.7 Å². The van der Waals surface area contributed by atoms with E-state index in [-0.39, 0.29) is 11.4 Å². The quantitative estimate of drug-likeness (QED) is 0.541. The smallest absolute Gasteiger partial charge is 0.246 e. The van der Waals surface area contributed by atoms with Crippen LogP contribution in [0.15, 0.2) is 12.7 Å². The van der Waals surface area contributed by atoms with Crippen molar-refractivity contribution in [3.63, 3.8) is 0 Å². The summed E-state index contributed by atoms with van der Waals surface area (Å²) in [5.41, 5.74) is 0.0803. The number of hydrogen-bond acceptors (Lipinski definition) is 3. The third-order valence-corrected chi connectivity index (χ3v) is 3.23. The Morgan fingerprint density at radius 2 is 2.21 bits per heavy atom. The number of piperazine rings is 1. The van der Waals surface area contributed by atoms with Crippen molar-refractivity contribution in [1.29, 1.82) is 0 Å². The third kappa shape index (κ3) is 1.35. The molecule has 2 saturated heterocycles. The van der Waals surface area contributed by atoms with Crippen LogP contribution >= 0.6 is 0 Å². The Morgan fingerprint density at radius 1 is 1.50 bits per heavy atom. The molecule has 0 aromatic heterocycles. The van der Waals surface area contributed by atoms with Gasteiger partial charge in [-0.05, 0) is 13.1 Å². The predicted molar refractivity (Wildman–Crippen MR) is 53.0 cm³/mol. The van der Waals surface area contributed by atoms with Crippen molar-refractivity contribution >= 4 is 5.91 Å². The van der Waals surface area contributed by atoms with E-state index < -0.39 is 0 Å². The molecule has 2 aliphatic heterocycles. The van der Waals surface area contributed by atoms with Crippen molar-refractivity contribution < 1.29 is 9.53 Å². The monoisotopic (exact) mass is 196 g/mol. The standard InChI is InChI=1S/C10H16N2O2/c1-3-9(13)12-5-4-11(2)10(6-12)7-14-8-10/h3H,1,4-8H2,2H3. The topological polar surface area (TPSA) is 32.8 Å². The highest BCUT2D eigenvalue weighted by molar-refractivity contribution is 5.87. The zero-order valence-electron chi connectivity index (χ0n) is 8.53. The molecule has 0 aromatic rings. The van der Waals surface area contributed by atoms with Gasteiger partial charge in [0, 0.05) is 19.6 Å². The molecule has 2 rings (SSSR count). The number of carbonyl (C=O) groups excluding carboxylic acids is 1. The number of nitrogens with zero attached hydrogens (tertiary/aromatic N) is 2. The number of ether oxygens (including phenoxy) is 1. The van der Waals surface area contributed by atoms with Crippen LogP contribution in [0.3, 0.4) is 0 Å². The maximum absolute atomic E-state index is 11.4. The van der Waals surface area contributed by atoms with E-state index in [9.17, 15) is 4.79 Å². The summed E-state index contributed by atoms with van der Waals surface area (Å²) in [4.78, 5) is 15.6. The van der Waals surface area contributed by atoms with Crippen molar-refractivity contribution in [2.24, 2.45) is 0 Å². The van der Waals surface area contributed by atoms with Gasteiger partial charge in [-0.2, -0.15) is 0 Å². The van der Waals surface area contributed by atoms with Gasteiger partial charge in [-0.1, -0.05) is 6.58 Å². The minimum absolute atomic E-state index is 0.0318. The van der Waals surface area contributed by atoms with Crippen LogP contribution in [0.4, 0.5) is 0 Å². The van der Waals surface area contributed by atoms with Crippen LogP contribution in [0.1, 0.15) is 0 Å². The molecule has 0 radical (unpaired) electrons. The number of hydrogen-bond donors (Lipinski definition) is 0. The Labute approximate surface area is 84.1 Å². The zero-order valence-corrected chi connectivity index (χ0v) is 8.53. The van der Waals surface area contributed by atoms with Gasteiger partial charge in [-0.15, -0.1) is 0 Å². The third-order valence-electron chi connectivity index (χ3n) is 3.23. The summed E-state index contributed by atoms with van der Waals surface area (Å²) < 4.78 is 5.24. The fourth-order valence-corrected chi connectivity index (χ4v) is 2.03. The van der Waals surface area contributed by atoms with Crippen molar-refractivity contribution in [1.82, 2.24) is 9.80 Å². The van der Waals surface area contributed by atoms with E-state index in [2.05, 4.69) is 18.5 Å². The van der Waals surface area contributed by atoms with E-state index in [1.165, 1.54) is 6.08 Å². The van der Waals surface area contributed by atoms with Crippen molar-refractivity contribution in [2.75, 3.05) is 39.9 Å². The second-order valence-corrected chi connectivity index (χ2v) is 4.10. The number of amides is 1. The van der Waals surface area contributed by atoms with Crippen molar-refractivity contribution in [3.8, 4) is 0 Å². The van der Waals surface area contributed by atoms with Gasteiger partial charge in [0.1, 0.15) is 0 Å². The van der Waals surface area contributed by atoms with Gasteiger partial charge in [0.15, 0.2) is 0 Å². The fraction of sp³-hybridized carbons (Fsp3) is 0.700. The van der Waals surface area contributed by atoms with E-state index in [0.717, 1.165) is 32.8 Å². The van der Waals surface area contributed by atoms with Crippen LogP contribution in [0.5, 0.6) is 0 Å². The molecule has 2 fully saturated rings. The highest BCUT2D eigenvalue weighted by atomic mass is 16.5. The van der Waals surface area contributed by atoms with E-state index in [1.807, 2.05) is 4.90 Å². The summed E-state index contributed by atoms with van der Waals surface area (Å²) in [5.74, 6) is 0.0318. The van der Waals surface area contributed by atoms with Gasteiger partial charge in [0.25, 0.3) is 0 Å². The number of likely N-dealkylation sites (N-methyl/N-ethyl adjacent to an activating group) is 1. The maximum atomic E-state index is 11.4. The van der Waals surface area contributed by atoms with E-state index in [1.54, 1.807) is 0 Å². The highest BCUT2D eigenvalue weighted by Gasteiger charge is 2.46. The van der Waals surface area contributed by atoms with Crippen LogP contribution < -0.4 is 0 Å². The summed E-state index contributed by atoms with van der Waals surface area (Å²) in [7, 11) is 2.10. The summed E-state index contributed by atoms with van der Waals surface area (Å²) in [6, 6.07) is 0. The maximum Gasteiger partial charge on any atom is 0.246 e. The molecule has 0 aromatic carbocycles. The fourth-order valence-electron chi connectivity index (χ4n) is 2.03. The largest absolute Gasteiger partial charge is 0.377 e. The zero-order chi connectivity index (χ0) is 10.2. The molecule has 1 spiro atoms. The van der Waals surface area contributed by atoms with E-state index in [4.69, 9.17) is 4.74 Å². The summed E-state index contributed by atoms with van der Waals surface area (Å²) in [6.07, 6.45) is 1.39. The summed E-state index contributed by atoms with van der Waals surface area (Å²) in [5, 5.41) is 0. The molecule has 2 aliphatic rings. The molecule has 4 heteroatoms. The molecule has 14 heavy (non-hydrogen) atoms.